The van der Waals surface area contributed by atoms with Gasteiger partial charge in [0.1, 0.15) is 0 Å². The van der Waals surface area contributed by atoms with Crippen LogP contribution >= 0.6 is 0 Å². The summed E-state index contributed by atoms with van der Waals surface area (Å²) in [6, 6.07) is 2.72. The van der Waals surface area contributed by atoms with Crippen molar-refractivity contribution >= 4 is 5.97 Å². The smallest absolute Gasteiger partial charge is 0.337 e. The van der Waals surface area contributed by atoms with Crippen molar-refractivity contribution in [1.29, 1.82) is 0 Å². The van der Waals surface area contributed by atoms with Gasteiger partial charge < -0.3 is 13.9 Å². The van der Waals surface area contributed by atoms with Crippen molar-refractivity contribution < 1.29 is 18.7 Å². The second-order valence-corrected chi connectivity index (χ2v) is 3.16. The predicted octanol–water partition coefficient (Wildman–Crippen LogP) is 0.977. The Morgan fingerprint density at radius 3 is 2.31 bits per heavy atom. The van der Waals surface area contributed by atoms with Crippen molar-refractivity contribution in [1.82, 2.24) is 0 Å². The van der Waals surface area contributed by atoms with E-state index in [1.165, 1.54) is 24.7 Å². The number of epoxide rings is 1. The Hall–Kier alpha value is -1.62. The molecule has 2 atom stereocenters. The summed E-state index contributed by atoms with van der Waals surface area (Å²) in [5.74, 6) is -0.231. The zero-order chi connectivity index (χ0) is 12.0. The maximum Gasteiger partial charge on any atom is 0.337 e. The Balaban J connectivity index is 0.000000165. The van der Waals surface area contributed by atoms with Gasteiger partial charge in [-0.05, 0) is 13.8 Å². The molecule has 1 saturated heterocycles. The molecule has 5 nitrogen and oxygen atoms in total. The molecular formula is C11H14O5. The minimum atomic E-state index is -0.273. The standard InChI is InChI=1S/C6H10O3.C5H4O2/c1-3-8-6(7)5-4(2)9-5;6-5-1-3-7-4-2-5/h4-5H,3H2,1-2H3;1-4H/t4-,5+;/m0./s1. The van der Waals surface area contributed by atoms with Crippen LogP contribution in [0.5, 0.6) is 0 Å². The highest BCUT2D eigenvalue weighted by atomic mass is 16.6. The Kier molecular flexibility index (Phi) is 4.72. The van der Waals surface area contributed by atoms with Crippen LogP contribution in [0.25, 0.3) is 0 Å². The van der Waals surface area contributed by atoms with Gasteiger partial charge in [0.25, 0.3) is 0 Å². The van der Waals surface area contributed by atoms with E-state index in [2.05, 4.69) is 9.15 Å². The molecule has 0 unspecified atom stereocenters. The average Bonchev–Trinajstić information content (AvgIpc) is 2.98. The van der Waals surface area contributed by atoms with Crippen LogP contribution in [0.1, 0.15) is 13.8 Å². The largest absolute Gasteiger partial charge is 0.472 e. The molecule has 2 rings (SSSR count). The number of carbonyl (C=O) groups is 1. The molecule has 0 saturated carbocycles. The van der Waals surface area contributed by atoms with Gasteiger partial charge in [-0.15, -0.1) is 0 Å². The van der Waals surface area contributed by atoms with Gasteiger partial charge >= 0.3 is 5.97 Å². The van der Waals surface area contributed by atoms with E-state index in [0.717, 1.165) is 0 Å². The number of esters is 1. The average molecular weight is 226 g/mol. The zero-order valence-electron chi connectivity index (χ0n) is 9.21. The van der Waals surface area contributed by atoms with E-state index in [1.807, 2.05) is 6.92 Å². The maximum atomic E-state index is 10.7. The number of rotatable bonds is 2. The van der Waals surface area contributed by atoms with Crippen molar-refractivity contribution in [2.75, 3.05) is 6.61 Å². The molecular weight excluding hydrogens is 212 g/mol. The molecule has 2 heterocycles. The molecule has 0 bridgehead atoms. The molecule has 0 aromatic carbocycles. The van der Waals surface area contributed by atoms with E-state index in [-0.39, 0.29) is 23.6 Å². The SMILES string of the molecule is CCOC(=O)[C@@H]1O[C@H]1C.O=c1ccocc1. The summed E-state index contributed by atoms with van der Waals surface area (Å²) in [7, 11) is 0. The van der Waals surface area contributed by atoms with E-state index in [0.29, 0.717) is 6.61 Å². The summed E-state index contributed by atoms with van der Waals surface area (Å²) in [4.78, 5) is 20.9. The van der Waals surface area contributed by atoms with Gasteiger partial charge in [-0.3, -0.25) is 4.79 Å². The summed E-state index contributed by atoms with van der Waals surface area (Å²) in [5.41, 5.74) is -0.0220. The molecule has 0 aliphatic carbocycles. The first kappa shape index (κ1) is 12.4. The lowest BCUT2D eigenvalue weighted by atomic mass is 10.3. The molecule has 16 heavy (non-hydrogen) atoms. The van der Waals surface area contributed by atoms with Crippen LogP contribution in [0.15, 0.2) is 33.9 Å². The molecule has 5 heteroatoms. The van der Waals surface area contributed by atoms with Crippen LogP contribution in [-0.2, 0) is 14.3 Å². The van der Waals surface area contributed by atoms with Gasteiger partial charge in [-0.25, -0.2) is 4.79 Å². The first-order valence-electron chi connectivity index (χ1n) is 4.99. The van der Waals surface area contributed by atoms with Crippen LogP contribution in [0.2, 0.25) is 0 Å². The summed E-state index contributed by atoms with van der Waals surface area (Å²) < 4.78 is 14.1. The summed E-state index contributed by atoms with van der Waals surface area (Å²) in [5, 5.41) is 0. The van der Waals surface area contributed by atoms with Crippen molar-refractivity contribution in [2.45, 2.75) is 26.1 Å². The fourth-order valence-electron chi connectivity index (χ4n) is 0.971. The normalized spacial score (nSPS) is 21.6. The van der Waals surface area contributed by atoms with Crippen LogP contribution in [-0.4, -0.2) is 24.8 Å². The third-order valence-electron chi connectivity index (χ3n) is 1.85. The van der Waals surface area contributed by atoms with Gasteiger partial charge in [-0.2, -0.15) is 0 Å². The van der Waals surface area contributed by atoms with Gasteiger partial charge in [0.2, 0.25) is 0 Å². The second kappa shape index (κ2) is 6.07. The molecule has 88 valence electrons. The van der Waals surface area contributed by atoms with E-state index in [9.17, 15) is 9.59 Å². The molecule has 1 aliphatic heterocycles. The first-order valence-corrected chi connectivity index (χ1v) is 4.99. The Bertz CT molecular complexity index is 366. The number of carbonyl (C=O) groups excluding carboxylic acids is 1. The molecule has 1 fully saturated rings. The van der Waals surface area contributed by atoms with E-state index < -0.39 is 0 Å². The summed E-state index contributed by atoms with van der Waals surface area (Å²) in [6.07, 6.45) is 2.50. The Labute approximate surface area is 93.0 Å². The zero-order valence-corrected chi connectivity index (χ0v) is 9.21. The molecule has 1 aromatic heterocycles. The minimum absolute atomic E-state index is 0.0220. The van der Waals surface area contributed by atoms with E-state index in [1.54, 1.807) is 6.92 Å². The van der Waals surface area contributed by atoms with Gasteiger partial charge in [-0.1, -0.05) is 0 Å². The number of ether oxygens (including phenoxy) is 2. The van der Waals surface area contributed by atoms with Crippen molar-refractivity contribution in [3.8, 4) is 0 Å². The van der Waals surface area contributed by atoms with E-state index >= 15 is 0 Å². The van der Waals surface area contributed by atoms with Crippen molar-refractivity contribution in [3.63, 3.8) is 0 Å². The van der Waals surface area contributed by atoms with Crippen molar-refractivity contribution in [3.05, 3.63) is 34.9 Å². The van der Waals surface area contributed by atoms with Crippen LogP contribution in [0, 0.1) is 0 Å². The third-order valence-corrected chi connectivity index (χ3v) is 1.85. The highest BCUT2D eigenvalue weighted by Gasteiger charge is 2.42. The fraction of sp³-hybridized carbons (Fsp3) is 0.455. The first-order chi connectivity index (χ1) is 7.65. The maximum absolute atomic E-state index is 10.7. The van der Waals surface area contributed by atoms with Gasteiger partial charge in [0.15, 0.2) is 11.5 Å². The monoisotopic (exact) mass is 226 g/mol. The van der Waals surface area contributed by atoms with Crippen molar-refractivity contribution in [2.24, 2.45) is 0 Å². The molecule has 0 spiro atoms. The van der Waals surface area contributed by atoms with Gasteiger partial charge in [0, 0.05) is 12.1 Å². The lowest BCUT2D eigenvalue weighted by Gasteiger charge is -1.94. The predicted molar refractivity (Wildman–Crippen MR) is 55.9 cm³/mol. The summed E-state index contributed by atoms with van der Waals surface area (Å²) in [6.45, 7) is 4.07. The van der Waals surface area contributed by atoms with Gasteiger partial charge in [0.05, 0.1) is 25.2 Å². The lowest BCUT2D eigenvalue weighted by molar-refractivity contribution is -0.144. The third kappa shape index (κ3) is 4.27. The number of hydrogen-bond acceptors (Lipinski definition) is 5. The minimum Gasteiger partial charge on any atom is -0.472 e. The molecule has 0 amide bonds. The lowest BCUT2D eigenvalue weighted by Crippen LogP contribution is -2.12. The van der Waals surface area contributed by atoms with E-state index in [4.69, 9.17) is 4.74 Å². The summed E-state index contributed by atoms with van der Waals surface area (Å²) >= 11 is 0. The highest BCUT2D eigenvalue weighted by Crippen LogP contribution is 2.21. The van der Waals surface area contributed by atoms with Crippen LogP contribution in [0.3, 0.4) is 0 Å². The topological polar surface area (TPSA) is 69.0 Å². The molecule has 0 radical (unpaired) electrons. The fourth-order valence-corrected chi connectivity index (χ4v) is 0.971. The Morgan fingerprint density at radius 2 is 2.00 bits per heavy atom. The number of hydrogen-bond donors (Lipinski definition) is 0. The second-order valence-electron chi connectivity index (χ2n) is 3.16. The van der Waals surface area contributed by atoms with Crippen LogP contribution < -0.4 is 5.43 Å². The Morgan fingerprint density at radius 1 is 1.44 bits per heavy atom. The molecule has 1 aromatic rings. The molecule has 1 aliphatic rings. The quantitative estimate of drug-likeness (QED) is 0.555. The van der Waals surface area contributed by atoms with Crippen LogP contribution in [0.4, 0.5) is 0 Å². The highest BCUT2D eigenvalue weighted by molar-refractivity contribution is 5.77. The molecule has 0 N–H and O–H groups in total.